The van der Waals surface area contributed by atoms with Crippen LogP contribution in [0.25, 0.3) is 0 Å². The lowest BCUT2D eigenvalue weighted by atomic mass is 10.1. The number of carbonyl (C=O) groups excluding carboxylic acids is 1. The summed E-state index contributed by atoms with van der Waals surface area (Å²) >= 11 is 0. The molecule has 2 heteroatoms. The van der Waals surface area contributed by atoms with Crippen molar-refractivity contribution in [2.75, 3.05) is 0 Å². The highest BCUT2D eigenvalue weighted by atomic mass is 27.0. The summed E-state index contributed by atoms with van der Waals surface area (Å²) in [5.41, 5.74) is 0. The minimum atomic E-state index is 0. The molecule has 0 saturated carbocycles. The number of carbonyl (C=O) groups is 1. The maximum absolute atomic E-state index is 10.3. The van der Waals surface area contributed by atoms with Crippen LogP contribution < -0.4 is 0 Å². The van der Waals surface area contributed by atoms with Crippen molar-refractivity contribution in [1.82, 2.24) is 0 Å². The quantitative estimate of drug-likeness (QED) is 0.384. The third kappa shape index (κ3) is 4.11. The van der Waals surface area contributed by atoms with E-state index in [1.54, 1.807) is 13.0 Å². The number of hydrogen-bond acceptors (Lipinski definition) is 1. The van der Waals surface area contributed by atoms with Crippen molar-refractivity contribution in [3.63, 3.8) is 0 Å². The second-order valence-electron chi connectivity index (χ2n) is 1.64. The minimum absolute atomic E-state index is 0. The van der Waals surface area contributed by atoms with Gasteiger partial charge < -0.3 is 0 Å². The van der Waals surface area contributed by atoms with Crippen LogP contribution in [0.5, 0.6) is 0 Å². The van der Waals surface area contributed by atoms with E-state index in [1.165, 1.54) is 0 Å². The van der Waals surface area contributed by atoms with Gasteiger partial charge >= 0.3 is 0 Å². The summed E-state index contributed by atoms with van der Waals surface area (Å²) in [5, 5.41) is 0. The molecule has 0 N–H and O–H groups in total. The fourth-order valence-electron chi connectivity index (χ4n) is 0.166. The highest BCUT2D eigenvalue weighted by Crippen LogP contribution is 1.94. The maximum Gasteiger partial charge on any atom is 0.187 e. The first-order chi connectivity index (χ1) is 3.18. The Hall–Kier alpha value is -0.0575. The van der Waals surface area contributed by atoms with Crippen LogP contribution in [-0.2, 0) is 4.79 Å². The minimum Gasteiger partial charge on any atom is -0.299 e. The Balaban J connectivity index is 0. The first-order valence-corrected chi connectivity index (χ1v) is 2.31. The zero-order valence-corrected chi connectivity index (χ0v) is 4.77. The molecule has 1 unspecified atom stereocenters. The van der Waals surface area contributed by atoms with E-state index < -0.39 is 0 Å². The van der Waals surface area contributed by atoms with Crippen LogP contribution in [0.3, 0.4) is 0 Å². The van der Waals surface area contributed by atoms with Gasteiger partial charge in [-0.25, -0.2) is 0 Å². The molecular formula is C6H13AlO. The topological polar surface area (TPSA) is 17.1 Å². The maximum atomic E-state index is 10.3. The normalized spacial score (nSPS) is 11.2. The SMILES string of the molecule is C=CC(C)C(C)=O.[AlH3]. The molecule has 0 aliphatic carbocycles. The monoisotopic (exact) mass is 128 g/mol. The Bertz CT molecular complexity index is 88.5. The smallest absolute Gasteiger partial charge is 0.187 e. The van der Waals surface area contributed by atoms with E-state index in [2.05, 4.69) is 6.58 Å². The van der Waals surface area contributed by atoms with Crippen LogP contribution in [0.4, 0.5) is 0 Å². The van der Waals surface area contributed by atoms with E-state index in [4.69, 9.17) is 0 Å². The molecule has 8 heavy (non-hydrogen) atoms. The van der Waals surface area contributed by atoms with Crippen LogP contribution in [0.2, 0.25) is 0 Å². The zero-order chi connectivity index (χ0) is 5.86. The Morgan fingerprint density at radius 3 is 2.12 bits per heavy atom. The number of allylic oxidation sites excluding steroid dienone is 1. The largest absolute Gasteiger partial charge is 0.299 e. The van der Waals surface area contributed by atoms with Gasteiger partial charge in [0.2, 0.25) is 0 Å². The number of hydrogen-bond donors (Lipinski definition) is 0. The average Bonchev–Trinajstić information content (AvgIpc) is 1.65. The molecule has 46 valence electrons. The number of ketones is 1. The van der Waals surface area contributed by atoms with E-state index in [-0.39, 0.29) is 29.1 Å². The van der Waals surface area contributed by atoms with Gasteiger partial charge in [-0.15, -0.1) is 6.58 Å². The lowest BCUT2D eigenvalue weighted by Crippen LogP contribution is -2.00. The summed E-state index contributed by atoms with van der Waals surface area (Å²) in [6.07, 6.45) is 1.64. The van der Waals surface area contributed by atoms with Gasteiger partial charge in [-0.05, 0) is 6.92 Å². The van der Waals surface area contributed by atoms with Crippen molar-refractivity contribution in [3.8, 4) is 0 Å². The molecule has 0 heterocycles. The molecule has 1 nitrogen and oxygen atoms in total. The Labute approximate surface area is 60.9 Å². The van der Waals surface area contributed by atoms with Crippen molar-refractivity contribution in [3.05, 3.63) is 12.7 Å². The Morgan fingerprint density at radius 1 is 1.75 bits per heavy atom. The standard InChI is InChI=1S/C6H10O.Al.3H/c1-4-5(2)6(3)7;;;;/h4-5H,1H2,2-3H3;;;;. The van der Waals surface area contributed by atoms with Crippen LogP contribution >= 0.6 is 0 Å². The molecule has 0 aromatic heterocycles. The lowest BCUT2D eigenvalue weighted by Gasteiger charge is -1.93. The summed E-state index contributed by atoms with van der Waals surface area (Å²) < 4.78 is 0. The molecule has 0 aromatic carbocycles. The third-order valence-corrected chi connectivity index (χ3v) is 0.995. The van der Waals surface area contributed by atoms with E-state index in [1.807, 2.05) is 6.92 Å². The van der Waals surface area contributed by atoms with Gasteiger partial charge in [-0.2, -0.15) is 0 Å². The summed E-state index contributed by atoms with van der Waals surface area (Å²) in [5.74, 6) is 0.204. The molecule has 0 fully saturated rings. The fraction of sp³-hybridized carbons (Fsp3) is 0.500. The highest BCUT2D eigenvalue weighted by molar-refractivity contribution is 5.79. The first-order valence-electron chi connectivity index (χ1n) is 2.31. The van der Waals surface area contributed by atoms with E-state index >= 15 is 0 Å². The van der Waals surface area contributed by atoms with E-state index in [0.717, 1.165) is 0 Å². The molecule has 0 amide bonds. The molecule has 0 aliphatic rings. The second kappa shape index (κ2) is 5.09. The summed E-state index contributed by atoms with van der Waals surface area (Å²) in [4.78, 5) is 10.3. The van der Waals surface area contributed by atoms with Gasteiger partial charge in [0.15, 0.2) is 17.4 Å². The average molecular weight is 128 g/mol. The molecule has 0 bridgehead atoms. The zero-order valence-electron chi connectivity index (χ0n) is 4.77. The fourth-order valence-corrected chi connectivity index (χ4v) is 0.166. The summed E-state index contributed by atoms with van der Waals surface area (Å²) in [7, 11) is 0. The van der Waals surface area contributed by atoms with Crippen LogP contribution in [0.15, 0.2) is 12.7 Å². The first kappa shape index (κ1) is 10.8. The highest BCUT2D eigenvalue weighted by Gasteiger charge is 1.98. The van der Waals surface area contributed by atoms with Gasteiger partial charge in [0.1, 0.15) is 5.78 Å². The predicted molar refractivity (Wildman–Crippen MR) is 40.0 cm³/mol. The van der Waals surface area contributed by atoms with Crippen LogP contribution in [0, 0.1) is 5.92 Å². The number of rotatable bonds is 2. The van der Waals surface area contributed by atoms with Crippen molar-refractivity contribution >= 4 is 23.1 Å². The molecule has 0 aromatic rings. The van der Waals surface area contributed by atoms with Crippen molar-refractivity contribution in [2.24, 2.45) is 5.92 Å². The Morgan fingerprint density at radius 2 is 2.12 bits per heavy atom. The molecule has 0 spiro atoms. The lowest BCUT2D eigenvalue weighted by molar-refractivity contribution is -0.118. The van der Waals surface area contributed by atoms with Crippen molar-refractivity contribution in [1.29, 1.82) is 0 Å². The van der Waals surface area contributed by atoms with E-state index in [0.29, 0.717) is 0 Å². The second-order valence-corrected chi connectivity index (χ2v) is 1.64. The molecule has 1 atom stereocenters. The predicted octanol–water partition coefficient (Wildman–Crippen LogP) is 0.214. The summed E-state index contributed by atoms with van der Waals surface area (Å²) in [6.45, 7) is 6.85. The van der Waals surface area contributed by atoms with Crippen LogP contribution in [0.1, 0.15) is 13.8 Å². The van der Waals surface area contributed by atoms with Crippen molar-refractivity contribution < 1.29 is 4.79 Å². The third-order valence-electron chi connectivity index (χ3n) is 0.995. The van der Waals surface area contributed by atoms with Gasteiger partial charge in [-0.3, -0.25) is 4.79 Å². The molecule has 0 saturated heterocycles. The van der Waals surface area contributed by atoms with Crippen molar-refractivity contribution in [2.45, 2.75) is 13.8 Å². The molecule has 0 rings (SSSR count). The van der Waals surface area contributed by atoms with E-state index in [9.17, 15) is 4.79 Å². The Kier molecular flexibility index (Phi) is 6.89. The number of Topliss-reactive ketones (excluding diaryl/α,β-unsaturated/α-hetero) is 1. The molecular weight excluding hydrogens is 115 g/mol. The van der Waals surface area contributed by atoms with Crippen LogP contribution in [-0.4, -0.2) is 23.1 Å². The van der Waals surface area contributed by atoms with Gasteiger partial charge in [-0.1, -0.05) is 13.0 Å². The molecule has 0 radical (unpaired) electrons. The van der Waals surface area contributed by atoms with Gasteiger partial charge in [0, 0.05) is 5.92 Å². The van der Waals surface area contributed by atoms with Gasteiger partial charge in [0.25, 0.3) is 0 Å². The molecule has 0 aliphatic heterocycles. The van der Waals surface area contributed by atoms with Gasteiger partial charge in [0.05, 0.1) is 0 Å². The summed E-state index contributed by atoms with van der Waals surface area (Å²) in [6, 6.07) is 0.